The number of anilines is 1. The molecule has 0 spiro atoms. The lowest BCUT2D eigenvalue weighted by atomic mass is 10.3. The number of rotatable bonds is 11. The molecule has 0 radical (unpaired) electrons. The second-order valence-corrected chi connectivity index (χ2v) is 7.61. The van der Waals surface area contributed by atoms with Gasteiger partial charge < -0.3 is 20.1 Å². The van der Waals surface area contributed by atoms with Crippen molar-refractivity contribution in [2.75, 3.05) is 38.7 Å². The Kier molecular flexibility index (Phi) is 12.9. The number of aromatic nitrogens is 1. The van der Waals surface area contributed by atoms with E-state index < -0.39 is 0 Å². The zero-order chi connectivity index (χ0) is 20.2. The van der Waals surface area contributed by atoms with Crippen LogP contribution in [0.4, 0.5) is 5.69 Å². The molecule has 0 saturated carbocycles. The van der Waals surface area contributed by atoms with Crippen LogP contribution in [-0.2, 0) is 17.6 Å². The first-order chi connectivity index (χ1) is 13.7. The van der Waals surface area contributed by atoms with Gasteiger partial charge in [0.25, 0.3) is 0 Å². The predicted octanol–water partition coefficient (Wildman–Crippen LogP) is 4.67. The Morgan fingerprint density at radius 2 is 2.07 bits per heavy atom. The second-order valence-electron chi connectivity index (χ2n) is 6.32. The first kappa shape index (κ1) is 25.6. The largest absolute Gasteiger partial charge is 0.493 e. The lowest BCUT2D eigenvalue weighted by Gasteiger charge is -2.12. The van der Waals surface area contributed by atoms with Crippen LogP contribution in [0.5, 0.6) is 5.75 Å². The summed E-state index contributed by atoms with van der Waals surface area (Å²) in [7, 11) is 1.70. The van der Waals surface area contributed by atoms with Crippen LogP contribution < -0.4 is 15.4 Å². The summed E-state index contributed by atoms with van der Waals surface area (Å²) in [5.41, 5.74) is 2.15. The lowest BCUT2D eigenvalue weighted by Crippen LogP contribution is -2.30. The molecule has 1 aromatic carbocycles. The van der Waals surface area contributed by atoms with E-state index in [4.69, 9.17) is 14.5 Å². The molecule has 2 rings (SSSR count). The fraction of sp³-hybridized carbons (Fsp3) is 0.524. The fourth-order valence-corrected chi connectivity index (χ4v) is 3.70. The number of thiazole rings is 1. The molecule has 29 heavy (non-hydrogen) atoms. The number of nitrogens with zero attached hydrogens (tertiary/aromatic N) is 2. The van der Waals surface area contributed by atoms with Crippen molar-refractivity contribution in [3.05, 3.63) is 39.8 Å². The van der Waals surface area contributed by atoms with Crippen molar-refractivity contribution in [1.82, 2.24) is 10.3 Å². The minimum absolute atomic E-state index is 0. The second kappa shape index (κ2) is 14.6. The van der Waals surface area contributed by atoms with E-state index in [0.717, 1.165) is 48.2 Å². The van der Waals surface area contributed by atoms with Crippen LogP contribution >= 0.6 is 35.3 Å². The van der Waals surface area contributed by atoms with E-state index in [1.165, 1.54) is 10.6 Å². The molecule has 2 N–H and O–H groups in total. The maximum atomic E-state index is 5.77. The topological polar surface area (TPSA) is 67.8 Å². The molecular formula is C21H33IN4O2S. The Balaban J connectivity index is 0.00000420. The van der Waals surface area contributed by atoms with Gasteiger partial charge in [-0.05, 0) is 32.4 Å². The van der Waals surface area contributed by atoms with Gasteiger partial charge in [-0.3, -0.25) is 4.99 Å². The van der Waals surface area contributed by atoms with Crippen molar-refractivity contribution in [3.63, 3.8) is 0 Å². The van der Waals surface area contributed by atoms with Gasteiger partial charge in [-0.15, -0.1) is 35.3 Å². The Morgan fingerprint density at radius 1 is 1.24 bits per heavy atom. The molecule has 0 atom stereocenters. The minimum Gasteiger partial charge on any atom is -0.493 e. The average molecular weight is 532 g/mol. The standard InChI is InChI=1S/C21H32N4O2S.HI/c1-5-19-16(3)28-20(25-19)11-12-23-21(22-6-2)24-17-9-7-10-18(15-17)27-14-8-13-26-4;/h7,9-10,15H,5-6,8,11-14H2,1-4H3,(H2,22,23,24);1H. The summed E-state index contributed by atoms with van der Waals surface area (Å²) < 4.78 is 10.8. The first-order valence-corrected chi connectivity index (χ1v) is 10.7. The Labute approximate surface area is 195 Å². The molecule has 6 nitrogen and oxygen atoms in total. The summed E-state index contributed by atoms with van der Waals surface area (Å²) in [6, 6.07) is 7.92. The summed E-state index contributed by atoms with van der Waals surface area (Å²) in [6.07, 6.45) is 2.71. The molecule has 8 heteroatoms. The van der Waals surface area contributed by atoms with E-state index in [1.54, 1.807) is 18.4 Å². The van der Waals surface area contributed by atoms with Crippen molar-refractivity contribution in [3.8, 4) is 5.75 Å². The maximum Gasteiger partial charge on any atom is 0.195 e. The molecule has 2 aromatic rings. The van der Waals surface area contributed by atoms with Gasteiger partial charge in [-0.1, -0.05) is 13.0 Å². The maximum absolute atomic E-state index is 5.77. The fourth-order valence-electron chi connectivity index (χ4n) is 2.69. The van der Waals surface area contributed by atoms with E-state index in [-0.39, 0.29) is 24.0 Å². The van der Waals surface area contributed by atoms with E-state index in [1.807, 2.05) is 24.3 Å². The lowest BCUT2D eigenvalue weighted by molar-refractivity contribution is 0.172. The SMILES string of the molecule is CCNC(=NCCc1nc(CC)c(C)s1)Nc1cccc(OCCCOC)c1.I. The average Bonchev–Trinajstić information content (AvgIpc) is 3.05. The van der Waals surface area contributed by atoms with Gasteiger partial charge in [-0.25, -0.2) is 4.98 Å². The number of hydrogen-bond donors (Lipinski definition) is 2. The molecule has 0 aliphatic rings. The molecule has 0 aliphatic carbocycles. The molecule has 1 aromatic heterocycles. The number of guanidine groups is 1. The highest BCUT2D eigenvalue weighted by Crippen LogP contribution is 2.19. The van der Waals surface area contributed by atoms with Gasteiger partial charge in [-0.2, -0.15) is 0 Å². The quantitative estimate of drug-likeness (QED) is 0.191. The molecule has 0 bridgehead atoms. The van der Waals surface area contributed by atoms with E-state index in [9.17, 15) is 0 Å². The van der Waals surface area contributed by atoms with Crippen LogP contribution in [0.3, 0.4) is 0 Å². The molecule has 162 valence electrons. The molecule has 1 heterocycles. The molecule has 0 amide bonds. The highest BCUT2D eigenvalue weighted by atomic mass is 127. The van der Waals surface area contributed by atoms with E-state index >= 15 is 0 Å². The number of halogens is 1. The number of benzene rings is 1. The Hall–Kier alpha value is -1.39. The third kappa shape index (κ3) is 9.31. The normalized spacial score (nSPS) is 11.1. The highest BCUT2D eigenvalue weighted by Gasteiger charge is 2.06. The van der Waals surface area contributed by atoms with Gasteiger partial charge in [0.1, 0.15) is 5.75 Å². The number of aryl methyl sites for hydroxylation is 2. The first-order valence-electron chi connectivity index (χ1n) is 9.88. The molecule has 0 fully saturated rings. The highest BCUT2D eigenvalue weighted by molar-refractivity contribution is 14.0. The summed E-state index contributed by atoms with van der Waals surface area (Å²) in [5.74, 6) is 1.60. The predicted molar refractivity (Wildman–Crippen MR) is 133 cm³/mol. The van der Waals surface area contributed by atoms with Crippen molar-refractivity contribution in [1.29, 1.82) is 0 Å². The zero-order valence-corrected chi connectivity index (χ0v) is 20.9. The number of nitrogens with one attached hydrogen (secondary N) is 2. The van der Waals surface area contributed by atoms with Gasteiger partial charge >= 0.3 is 0 Å². The van der Waals surface area contributed by atoms with Crippen molar-refractivity contribution < 1.29 is 9.47 Å². The summed E-state index contributed by atoms with van der Waals surface area (Å²) >= 11 is 1.77. The van der Waals surface area contributed by atoms with Crippen LogP contribution in [0.25, 0.3) is 0 Å². The Morgan fingerprint density at radius 3 is 2.76 bits per heavy atom. The Bertz CT molecular complexity index is 752. The van der Waals surface area contributed by atoms with E-state index in [2.05, 4.69) is 36.4 Å². The van der Waals surface area contributed by atoms with Crippen LogP contribution in [0, 0.1) is 6.92 Å². The third-order valence-electron chi connectivity index (χ3n) is 4.07. The van der Waals surface area contributed by atoms with Crippen LogP contribution in [0.15, 0.2) is 29.3 Å². The summed E-state index contributed by atoms with van der Waals surface area (Å²) in [6.45, 7) is 9.18. The summed E-state index contributed by atoms with van der Waals surface area (Å²) in [4.78, 5) is 10.7. The molecule has 0 aliphatic heterocycles. The minimum atomic E-state index is 0. The van der Waals surface area contributed by atoms with Gasteiger partial charge in [0.05, 0.1) is 17.3 Å². The van der Waals surface area contributed by atoms with Crippen LogP contribution in [0.1, 0.15) is 35.8 Å². The molecule has 0 saturated heterocycles. The van der Waals surface area contributed by atoms with Crippen LogP contribution in [-0.4, -0.2) is 44.4 Å². The molecule has 0 unspecified atom stereocenters. The van der Waals surface area contributed by atoms with Gasteiger partial charge in [0, 0.05) is 56.3 Å². The molecular weight excluding hydrogens is 499 g/mol. The monoisotopic (exact) mass is 532 g/mol. The van der Waals surface area contributed by atoms with Crippen molar-refractivity contribution in [2.45, 2.75) is 40.0 Å². The van der Waals surface area contributed by atoms with Crippen molar-refractivity contribution in [2.24, 2.45) is 4.99 Å². The zero-order valence-electron chi connectivity index (χ0n) is 17.8. The number of hydrogen-bond acceptors (Lipinski definition) is 5. The van der Waals surface area contributed by atoms with Crippen LogP contribution in [0.2, 0.25) is 0 Å². The van der Waals surface area contributed by atoms with Gasteiger partial charge in [0.2, 0.25) is 0 Å². The number of aliphatic imine (C=N–C) groups is 1. The third-order valence-corrected chi connectivity index (χ3v) is 5.14. The smallest absolute Gasteiger partial charge is 0.195 e. The van der Waals surface area contributed by atoms with Gasteiger partial charge in [0.15, 0.2) is 5.96 Å². The number of methoxy groups -OCH3 is 1. The van der Waals surface area contributed by atoms with E-state index in [0.29, 0.717) is 19.8 Å². The van der Waals surface area contributed by atoms with Crippen molar-refractivity contribution >= 4 is 47.0 Å². The summed E-state index contributed by atoms with van der Waals surface area (Å²) in [5, 5.41) is 7.80. The number of ether oxygens (including phenoxy) is 2.